The fourth-order valence-corrected chi connectivity index (χ4v) is 3.43. The third-order valence-electron chi connectivity index (χ3n) is 4.95. The molecule has 2 aromatic heterocycles. The highest BCUT2D eigenvalue weighted by Gasteiger charge is 2.31. The van der Waals surface area contributed by atoms with E-state index in [2.05, 4.69) is 20.6 Å². The largest absolute Gasteiger partial charge is 0.481 e. The van der Waals surface area contributed by atoms with Crippen LogP contribution in [0.3, 0.4) is 0 Å². The zero-order valence-corrected chi connectivity index (χ0v) is 16.2. The Hall–Kier alpha value is -3.39. The molecule has 1 saturated heterocycles. The van der Waals surface area contributed by atoms with Crippen molar-refractivity contribution in [3.63, 3.8) is 0 Å². The van der Waals surface area contributed by atoms with Gasteiger partial charge in [-0.1, -0.05) is 6.07 Å². The standard InChI is InChI=1S/C21H22N4O4/c1-13-15(20-22-9-11-29-20)4-3-5-16(13)24-21(26)25-17-8-10-28-19(17)14-6-7-18(27-2)23-12-14/h3-7,9,11-12,17,19H,8,10H2,1-2H3,(H2,24,25,26)/t17-,19+/m1/s1. The molecule has 1 aliphatic heterocycles. The Bertz CT molecular complexity index is 973. The fourth-order valence-electron chi connectivity index (χ4n) is 3.43. The summed E-state index contributed by atoms with van der Waals surface area (Å²) in [4.78, 5) is 21.0. The molecule has 29 heavy (non-hydrogen) atoms. The van der Waals surface area contributed by atoms with Crippen molar-refractivity contribution in [3.05, 3.63) is 60.1 Å². The number of rotatable bonds is 5. The molecule has 8 nitrogen and oxygen atoms in total. The van der Waals surface area contributed by atoms with Gasteiger partial charge in [0.25, 0.3) is 0 Å². The lowest BCUT2D eigenvalue weighted by atomic mass is 10.0. The molecule has 0 unspecified atom stereocenters. The molecule has 8 heteroatoms. The Kier molecular flexibility index (Phi) is 5.44. The number of benzene rings is 1. The first-order valence-electron chi connectivity index (χ1n) is 9.34. The predicted octanol–water partition coefficient (Wildman–Crippen LogP) is 3.71. The van der Waals surface area contributed by atoms with Crippen LogP contribution in [-0.4, -0.2) is 35.8 Å². The summed E-state index contributed by atoms with van der Waals surface area (Å²) in [7, 11) is 1.57. The van der Waals surface area contributed by atoms with Crippen LogP contribution in [0.1, 0.15) is 23.7 Å². The van der Waals surface area contributed by atoms with E-state index in [-0.39, 0.29) is 18.2 Å². The van der Waals surface area contributed by atoms with Crippen LogP contribution in [0.2, 0.25) is 0 Å². The van der Waals surface area contributed by atoms with Crippen LogP contribution in [-0.2, 0) is 4.74 Å². The van der Waals surface area contributed by atoms with Crippen LogP contribution in [0.5, 0.6) is 5.88 Å². The first kappa shape index (κ1) is 18.9. The summed E-state index contributed by atoms with van der Waals surface area (Å²) in [5.74, 6) is 1.05. The van der Waals surface area contributed by atoms with E-state index in [0.29, 0.717) is 24.1 Å². The summed E-state index contributed by atoms with van der Waals surface area (Å²) in [6, 6.07) is 8.84. The van der Waals surface area contributed by atoms with E-state index < -0.39 is 0 Å². The molecule has 0 bridgehead atoms. The lowest BCUT2D eigenvalue weighted by molar-refractivity contribution is 0.100. The molecule has 4 rings (SSSR count). The van der Waals surface area contributed by atoms with Crippen LogP contribution in [0.25, 0.3) is 11.5 Å². The van der Waals surface area contributed by atoms with Gasteiger partial charge in [0.05, 0.1) is 19.3 Å². The number of carbonyl (C=O) groups excluding carboxylic acids is 1. The zero-order valence-electron chi connectivity index (χ0n) is 16.2. The number of anilines is 1. The summed E-state index contributed by atoms with van der Waals surface area (Å²) in [6.45, 7) is 2.49. The van der Waals surface area contributed by atoms with Crippen molar-refractivity contribution in [3.8, 4) is 17.3 Å². The number of urea groups is 1. The van der Waals surface area contributed by atoms with Crippen molar-refractivity contribution in [2.45, 2.75) is 25.5 Å². The van der Waals surface area contributed by atoms with E-state index in [9.17, 15) is 4.79 Å². The van der Waals surface area contributed by atoms with Crippen molar-refractivity contribution in [1.82, 2.24) is 15.3 Å². The first-order valence-corrected chi connectivity index (χ1v) is 9.34. The smallest absolute Gasteiger partial charge is 0.319 e. The Morgan fingerprint density at radius 2 is 2.14 bits per heavy atom. The second-order valence-electron chi connectivity index (χ2n) is 6.73. The number of pyridine rings is 1. The number of ether oxygens (including phenoxy) is 2. The molecule has 3 heterocycles. The Morgan fingerprint density at radius 3 is 2.86 bits per heavy atom. The van der Waals surface area contributed by atoms with Gasteiger partial charge in [0.1, 0.15) is 12.4 Å². The lowest BCUT2D eigenvalue weighted by Crippen LogP contribution is -2.39. The van der Waals surface area contributed by atoms with Gasteiger partial charge in [-0.05, 0) is 37.1 Å². The molecular weight excluding hydrogens is 372 g/mol. The van der Waals surface area contributed by atoms with Crippen molar-refractivity contribution in [2.24, 2.45) is 0 Å². The monoisotopic (exact) mass is 394 g/mol. The average molecular weight is 394 g/mol. The summed E-state index contributed by atoms with van der Waals surface area (Å²) < 4.78 is 16.3. The molecule has 2 atom stereocenters. The van der Waals surface area contributed by atoms with Gasteiger partial charge in [-0.15, -0.1) is 0 Å². The highest BCUT2D eigenvalue weighted by Crippen LogP contribution is 2.30. The molecule has 3 aromatic rings. The number of methoxy groups -OCH3 is 1. The minimum absolute atomic E-state index is 0.152. The molecular formula is C21H22N4O4. The second-order valence-corrected chi connectivity index (χ2v) is 6.73. The molecule has 2 amide bonds. The van der Waals surface area contributed by atoms with Crippen LogP contribution < -0.4 is 15.4 Å². The number of nitrogens with zero attached hydrogens (tertiary/aromatic N) is 2. The quantitative estimate of drug-likeness (QED) is 0.685. The molecule has 1 fully saturated rings. The number of nitrogens with one attached hydrogen (secondary N) is 2. The topological polar surface area (TPSA) is 98.5 Å². The fraction of sp³-hybridized carbons (Fsp3) is 0.286. The van der Waals surface area contributed by atoms with E-state index in [1.54, 1.807) is 25.6 Å². The van der Waals surface area contributed by atoms with Gasteiger partial charge < -0.3 is 24.5 Å². The van der Waals surface area contributed by atoms with Gasteiger partial charge in [0.15, 0.2) is 0 Å². The molecule has 0 spiro atoms. The lowest BCUT2D eigenvalue weighted by Gasteiger charge is -2.21. The third-order valence-corrected chi connectivity index (χ3v) is 4.95. The summed E-state index contributed by atoms with van der Waals surface area (Å²) >= 11 is 0. The number of aromatic nitrogens is 2. The van der Waals surface area contributed by atoms with Crippen LogP contribution in [0.4, 0.5) is 10.5 Å². The maximum atomic E-state index is 12.6. The minimum atomic E-state index is -0.292. The van der Waals surface area contributed by atoms with Gasteiger partial charge in [-0.2, -0.15) is 0 Å². The molecule has 0 saturated carbocycles. The maximum Gasteiger partial charge on any atom is 0.319 e. The molecule has 150 valence electrons. The Labute approximate surface area is 168 Å². The van der Waals surface area contributed by atoms with Crippen molar-refractivity contribution in [1.29, 1.82) is 0 Å². The molecule has 1 aromatic carbocycles. The average Bonchev–Trinajstić information content (AvgIpc) is 3.42. The van der Waals surface area contributed by atoms with E-state index in [1.807, 2.05) is 31.2 Å². The van der Waals surface area contributed by atoms with E-state index in [4.69, 9.17) is 13.9 Å². The highest BCUT2D eigenvalue weighted by molar-refractivity contribution is 5.91. The number of carbonyl (C=O) groups is 1. The number of hydrogen-bond donors (Lipinski definition) is 2. The summed E-state index contributed by atoms with van der Waals surface area (Å²) in [5, 5.41) is 5.93. The Balaban J connectivity index is 1.45. The normalized spacial score (nSPS) is 18.4. The molecule has 2 N–H and O–H groups in total. The van der Waals surface area contributed by atoms with Crippen LogP contribution in [0, 0.1) is 6.92 Å². The SMILES string of the molecule is COc1ccc([C@@H]2OCC[C@H]2NC(=O)Nc2cccc(-c3ncco3)c2C)cn1. The van der Waals surface area contributed by atoms with Crippen molar-refractivity contribution >= 4 is 11.7 Å². The predicted molar refractivity (Wildman–Crippen MR) is 107 cm³/mol. The maximum absolute atomic E-state index is 12.6. The minimum Gasteiger partial charge on any atom is -0.481 e. The summed E-state index contributed by atoms with van der Waals surface area (Å²) in [6.07, 6.45) is 5.30. The number of oxazole rings is 1. The Morgan fingerprint density at radius 1 is 1.24 bits per heavy atom. The van der Waals surface area contributed by atoms with Gasteiger partial charge in [0, 0.05) is 35.7 Å². The highest BCUT2D eigenvalue weighted by atomic mass is 16.5. The second kappa shape index (κ2) is 8.32. The van der Waals surface area contributed by atoms with E-state index >= 15 is 0 Å². The van der Waals surface area contributed by atoms with E-state index in [1.165, 1.54) is 6.26 Å². The third kappa shape index (κ3) is 4.07. The summed E-state index contributed by atoms with van der Waals surface area (Å²) in [5.41, 5.74) is 3.30. The van der Waals surface area contributed by atoms with Gasteiger partial charge in [-0.25, -0.2) is 14.8 Å². The number of hydrogen-bond acceptors (Lipinski definition) is 6. The van der Waals surface area contributed by atoms with Crippen molar-refractivity contribution in [2.75, 3.05) is 19.0 Å². The molecule has 0 aliphatic carbocycles. The van der Waals surface area contributed by atoms with Crippen molar-refractivity contribution < 1.29 is 18.7 Å². The van der Waals surface area contributed by atoms with Crippen LogP contribution in [0.15, 0.2) is 53.4 Å². The van der Waals surface area contributed by atoms with E-state index in [0.717, 1.165) is 23.1 Å². The molecule has 1 aliphatic rings. The van der Waals surface area contributed by atoms with Crippen LogP contribution >= 0.6 is 0 Å². The van der Waals surface area contributed by atoms with Gasteiger partial charge in [0.2, 0.25) is 11.8 Å². The zero-order chi connectivity index (χ0) is 20.2. The van der Waals surface area contributed by atoms with Gasteiger partial charge >= 0.3 is 6.03 Å². The molecule has 0 radical (unpaired) electrons. The number of amides is 2. The first-order chi connectivity index (χ1) is 14.2. The van der Waals surface area contributed by atoms with Gasteiger partial charge in [-0.3, -0.25) is 0 Å².